The van der Waals surface area contributed by atoms with Crippen molar-refractivity contribution in [2.75, 3.05) is 0 Å². The quantitative estimate of drug-likeness (QED) is 0.770. The van der Waals surface area contributed by atoms with Crippen LogP contribution in [-0.4, -0.2) is 22.3 Å². The summed E-state index contributed by atoms with van der Waals surface area (Å²) in [6.07, 6.45) is 11.1. The van der Waals surface area contributed by atoms with E-state index in [1.807, 2.05) is 0 Å². The summed E-state index contributed by atoms with van der Waals surface area (Å²) in [7, 11) is 0. The zero-order valence-corrected chi connectivity index (χ0v) is 14.2. The van der Waals surface area contributed by atoms with Gasteiger partial charge in [0.2, 0.25) is 0 Å². The fourth-order valence-electron chi connectivity index (χ4n) is 6.39. The molecule has 3 fully saturated rings. The van der Waals surface area contributed by atoms with E-state index < -0.39 is 5.97 Å². The van der Waals surface area contributed by atoms with Crippen LogP contribution in [0.25, 0.3) is 0 Å². The van der Waals surface area contributed by atoms with E-state index >= 15 is 0 Å². The van der Waals surface area contributed by atoms with Gasteiger partial charge in [-0.3, -0.25) is 4.79 Å². The standard InChI is InChI=1S/C20H28O3/c1-19-9-7-13(21)11-12(19)3-4-14-15-5-6-17(18(22)23)20(15,2)10-8-16(14)19/h3-4,13,15-17,21H,5-11H2,1-2H3,(H,22,23)/t13-,15-,16-,17+,19-,20-/m0/s1. The second-order valence-corrected chi connectivity index (χ2v) is 8.79. The lowest BCUT2D eigenvalue weighted by Crippen LogP contribution is -2.46. The second-order valence-electron chi connectivity index (χ2n) is 8.79. The summed E-state index contributed by atoms with van der Waals surface area (Å²) in [6, 6.07) is 0. The lowest BCUT2D eigenvalue weighted by molar-refractivity contribution is -0.146. The number of hydrogen-bond acceptors (Lipinski definition) is 2. The van der Waals surface area contributed by atoms with Gasteiger partial charge in [-0.05, 0) is 67.6 Å². The van der Waals surface area contributed by atoms with Gasteiger partial charge in [0.25, 0.3) is 0 Å². The summed E-state index contributed by atoms with van der Waals surface area (Å²) in [4.78, 5) is 11.7. The third-order valence-corrected chi connectivity index (χ3v) is 7.84. The number of aliphatic hydroxyl groups is 1. The van der Waals surface area contributed by atoms with Gasteiger partial charge in [0.15, 0.2) is 0 Å². The Bertz CT molecular complexity index is 604. The van der Waals surface area contributed by atoms with Gasteiger partial charge in [-0.25, -0.2) is 0 Å². The van der Waals surface area contributed by atoms with Gasteiger partial charge in [0.05, 0.1) is 12.0 Å². The molecule has 3 saturated carbocycles. The van der Waals surface area contributed by atoms with Gasteiger partial charge < -0.3 is 10.2 Å². The highest BCUT2D eigenvalue weighted by atomic mass is 16.4. The molecular weight excluding hydrogens is 288 g/mol. The van der Waals surface area contributed by atoms with Gasteiger partial charge in [0, 0.05) is 0 Å². The lowest BCUT2D eigenvalue weighted by atomic mass is 9.50. The first-order valence-corrected chi connectivity index (χ1v) is 9.18. The van der Waals surface area contributed by atoms with Crippen molar-refractivity contribution in [1.82, 2.24) is 0 Å². The first-order chi connectivity index (χ1) is 10.9. The number of fused-ring (bicyclic) bond motifs is 5. The molecule has 0 heterocycles. The number of aliphatic carboxylic acids is 1. The van der Waals surface area contributed by atoms with Gasteiger partial charge in [0.1, 0.15) is 0 Å². The molecule has 4 aliphatic rings. The van der Waals surface area contributed by atoms with Crippen molar-refractivity contribution in [2.45, 2.75) is 64.9 Å². The average Bonchev–Trinajstić information content (AvgIpc) is 2.85. The average molecular weight is 316 g/mol. The topological polar surface area (TPSA) is 57.5 Å². The minimum absolute atomic E-state index is 0.0654. The molecule has 0 radical (unpaired) electrons. The lowest BCUT2D eigenvalue weighted by Gasteiger charge is -2.54. The summed E-state index contributed by atoms with van der Waals surface area (Å²) in [5.41, 5.74) is 3.06. The number of carboxylic acid groups (broad SMARTS) is 1. The molecule has 4 aliphatic carbocycles. The molecule has 0 aromatic rings. The molecule has 3 nitrogen and oxygen atoms in total. The van der Waals surface area contributed by atoms with Crippen LogP contribution in [0.2, 0.25) is 0 Å². The first kappa shape index (κ1) is 15.4. The first-order valence-electron chi connectivity index (χ1n) is 9.18. The molecule has 0 unspecified atom stereocenters. The van der Waals surface area contributed by atoms with Crippen molar-refractivity contribution in [3.05, 3.63) is 23.3 Å². The minimum Gasteiger partial charge on any atom is -0.481 e. The molecular formula is C20H28O3. The van der Waals surface area contributed by atoms with E-state index in [9.17, 15) is 15.0 Å². The maximum atomic E-state index is 11.7. The van der Waals surface area contributed by atoms with Crippen molar-refractivity contribution >= 4 is 5.97 Å². The smallest absolute Gasteiger partial charge is 0.307 e. The molecule has 0 bridgehead atoms. The van der Waals surface area contributed by atoms with Crippen LogP contribution >= 0.6 is 0 Å². The summed E-state index contributed by atoms with van der Waals surface area (Å²) >= 11 is 0. The van der Waals surface area contributed by atoms with E-state index in [-0.39, 0.29) is 22.9 Å². The number of allylic oxidation sites excluding steroid dienone is 3. The van der Waals surface area contributed by atoms with E-state index in [4.69, 9.17) is 0 Å². The van der Waals surface area contributed by atoms with Crippen LogP contribution in [0, 0.1) is 28.6 Å². The largest absolute Gasteiger partial charge is 0.481 e. The Morgan fingerprint density at radius 1 is 1.09 bits per heavy atom. The molecule has 0 aliphatic heterocycles. The third kappa shape index (κ3) is 2.02. The molecule has 3 heteroatoms. The number of carboxylic acids is 1. The minimum atomic E-state index is -0.604. The van der Waals surface area contributed by atoms with Crippen LogP contribution in [0.3, 0.4) is 0 Å². The molecule has 0 saturated heterocycles. The number of aliphatic hydroxyl groups excluding tert-OH is 1. The van der Waals surface area contributed by atoms with E-state index in [1.54, 1.807) is 0 Å². The summed E-state index contributed by atoms with van der Waals surface area (Å²) in [5.74, 6) is 0.207. The SMILES string of the molecule is C[C@]12CC[C@H]3C(=CC=C4C[C@@H](O)CC[C@@]43C)[C@@H]1CC[C@@H]2C(=O)O. The highest BCUT2D eigenvalue weighted by molar-refractivity contribution is 5.72. The second kappa shape index (κ2) is 4.95. The Hall–Kier alpha value is -1.09. The predicted octanol–water partition coefficient (Wildman–Crippen LogP) is 3.93. The van der Waals surface area contributed by atoms with Crippen LogP contribution in [0.1, 0.15) is 58.8 Å². The summed E-state index contributed by atoms with van der Waals surface area (Å²) in [6.45, 7) is 4.60. The Labute approximate surface area is 138 Å². The van der Waals surface area contributed by atoms with Gasteiger partial charge in [-0.1, -0.05) is 37.1 Å². The van der Waals surface area contributed by atoms with Gasteiger partial charge in [-0.15, -0.1) is 0 Å². The Kier molecular flexibility index (Phi) is 3.32. The van der Waals surface area contributed by atoms with Crippen molar-refractivity contribution < 1.29 is 15.0 Å². The van der Waals surface area contributed by atoms with Crippen LogP contribution in [0.5, 0.6) is 0 Å². The monoisotopic (exact) mass is 316 g/mol. The van der Waals surface area contributed by atoms with Gasteiger partial charge >= 0.3 is 5.97 Å². The van der Waals surface area contributed by atoms with Crippen LogP contribution < -0.4 is 0 Å². The predicted molar refractivity (Wildman–Crippen MR) is 88.8 cm³/mol. The van der Waals surface area contributed by atoms with Gasteiger partial charge in [-0.2, -0.15) is 0 Å². The number of hydrogen-bond donors (Lipinski definition) is 2. The van der Waals surface area contributed by atoms with Crippen LogP contribution in [-0.2, 0) is 4.79 Å². The van der Waals surface area contributed by atoms with E-state index in [0.29, 0.717) is 11.8 Å². The van der Waals surface area contributed by atoms with Crippen LogP contribution in [0.15, 0.2) is 23.3 Å². The molecule has 0 amide bonds. The molecule has 0 aromatic carbocycles. The van der Waals surface area contributed by atoms with E-state index in [2.05, 4.69) is 26.0 Å². The molecule has 6 atom stereocenters. The fourth-order valence-corrected chi connectivity index (χ4v) is 6.39. The van der Waals surface area contributed by atoms with Crippen molar-refractivity contribution in [1.29, 1.82) is 0 Å². The van der Waals surface area contributed by atoms with E-state index in [1.165, 1.54) is 11.1 Å². The summed E-state index contributed by atoms with van der Waals surface area (Å²) in [5, 5.41) is 19.6. The van der Waals surface area contributed by atoms with Crippen molar-refractivity contribution in [3.63, 3.8) is 0 Å². The normalized spacial score (nSPS) is 48.7. The molecule has 126 valence electrons. The van der Waals surface area contributed by atoms with Crippen molar-refractivity contribution in [3.8, 4) is 0 Å². The van der Waals surface area contributed by atoms with Crippen molar-refractivity contribution in [2.24, 2.45) is 28.6 Å². The molecule has 2 N–H and O–H groups in total. The molecule has 0 aromatic heterocycles. The highest BCUT2D eigenvalue weighted by Gasteiger charge is 2.57. The summed E-state index contributed by atoms with van der Waals surface area (Å²) < 4.78 is 0. The molecule has 0 spiro atoms. The Morgan fingerprint density at radius 3 is 2.61 bits per heavy atom. The van der Waals surface area contributed by atoms with E-state index in [0.717, 1.165) is 44.9 Å². The maximum absolute atomic E-state index is 11.7. The fraction of sp³-hybridized carbons (Fsp3) is 0.750. The highest BCUT2D eigenvalue weighted by Crippen LogP contribution is 2.64. The zero-order chi connectivity index (χ0) is 16.4. The Balaban J connectivity index is 1.72. The maximum Gasteiger partial charge on any atom is 0.307 e. The Morgan fingerprint density at radius 2 is 1.87 bits per heavy atom. The number of carbonyl (C=O) groups is 1. The third-order valence-electron chi connectivity index (χ3n) is 7.84. The molecule has 4 rings (SSSR count). The van der Waals surface area contributed by atoms with Crippen LogP contribution in [0.4, 0.5) is 0 Å². The molecule has 23 heavy (non-hydrogen) atoms. The number of rotatable bonds is 1. The zero-order valence-electron chi connectivity index (χ0n) is 14.2.